The fourth-order valence-corrected chi connectivity index (χ4v) is 0.705. The summed E-state index contributed by atoms with van der Waals surface area (Å²) in [4.78, 5) is 16.6. The van der Waals surface area contributed by atoms with Crippen LogP contribution < -0.4 is 10.6 Å². The fourth-order valence-electron chi connectivity index (χ4n) is 0.705. The molecule has 74 valence electrons. The highest BCUT2D eigenvalue weighted by Crippen LogP contribution is 1.99. The van der Waals surface area contributed by atoms with Crippen molar-refractivity contribution in [2.75, 3.05) is 19.0 Å². The van der Waals surface area contributed by atoms with E-state index in [4.69, 9.17) is 0 Å². The van der Waals surface area contributed by atoms with Gasteiger partial charge in [0.2, 0.25) is 0 Å². The highest BCUT2D eigenvalue weighted by atomic mass is 16.1. The molecule has 0 bridgehead atoms. The Kier molecular flexibility index (Phi) is 4.80. The van der Waals surface area contributed by atoms with Gasteiger partial charge >= 0.3 is 5.69 Å². The van der Waals surface area contributed by atoms with Gasteiger partial charge in [0.1, 0.15) is 5.82 Å². The van der Waals surface area contributed by atoms with E-state index in [0.717, 1.165) is 0 Å². The average molecular weight is 183 g/mol. The average Bonchev–Trinajstić information content (AvgIpc) is 2.13. The van der Waals surface area contributed by atoms with Gasteiger partial charge in [0.15, 0.2) is 0 Å². The second kappa shape index (κ2) is 5.35. The maximum Gasteiger partial charge on any atom is 0.349 e. The molecular weight excluding hydrogens is 166 g/mol. The molecule has 0 fully saturated rings. The van der Waals surface area contributed by atoms with E-state index in [1.807, 2.05) is 27.9 Å². The summed E-state index contributed by atoms with van der Waals surface area (Å²) < 4.78 is 1.44. The van der Waals surface area contributed by atoms with Crippen molar-refractivity contribution in [1.82, 2.24) is 9.55 Å². The van der Waals surface area contributed by atoms with Gasteiger partial charge in [0, 0.05) is 27.3 Å². The van der Waals surface area contributed by atoms with Crippen LogP contribution in [0.1, 0.15) is 13.8 Å². The third-order valence-electron chi connectivity index (χ3n) is 1.42. The lowest BCUT2D eigenvalue weighted by Gasteiger charge is -2.09. The van der Waals surface area contributed by atoms with Gasteiger partial charge in [-0.3, -0.25) is 0 Å². The van der Waals surface area contributed by atoms with Gasteiger partial charge in [-0.15, -0.1) is 0 Å². The van der Waals surface area contributed by atoms with Crippen LogP contribution in [-0.2, 0) is 7.05 Å². The van der Waals surface area contributed by atoms with Crippen molar-refractivity contribution >= 4 is 5.82 Å². The van der Waals surface area contributed by atoms with Crippen molar-refractivity contribution in [3.8, 4) is 0 Å². The lowest BCUT2D eigenvalue weighted by Crippen LogP contribution is -2.23. The van der Waals surface area contributed by atoms with Crippen molar-refractivity contribution in [1.29, 1.82) is 0 Å². The molecule has 0 amide bonds. The molecule has 0 saturated carbocycles. The van der Waals surface area contributed by atoms with Gasteiger partial charge in [0.25, 0.3) is 0 Å². The first kappa shape index (κ1) is 11.7. The van der Waals surface area contributed by atoms with Gasteiger partial charge in [0.05, 0.1) is 0 Å². The second-order valence-electron chi connectivity index (χ2n) is 2.57. The van der Waals surface area contributed by atoms with Crippen LogP contribution in [0.15, 0.2) is 17.1 Å². The third kappa shape index (κ3) is 3.27. The largest absolute Gasteiger partial charge is 0.363 e. The Morgan fingerprint density at radius 3 is 2.31 bits per heavy atom. The molecule has 4 nitrogen and oxygen atoms in total. The lowest BCUT2D eigenvalue weighted by molar-refractivity contribution is 0.803. The number of aromatic nitrogens is 2. The molecule has 0 aromatic carbocycles. The predicted molar refractivity (Wildman–Crippen MR) is 55.2 cm³/mol. The van der Waals surface area contributed by atoms with Gasteiger partial charge in [-0.2, -0.15) is 4.98 Å². The van der Waals surface area contributed by atoms with Crippen LogP contribution in [0.25, 0.3) is 0 Å². The molecule has 0 spiro atoms. The number of rotatable bonds is 1. The molecule has 0 N–H and O–H groups in total. The van der Waals surface area contributed by atoms with Crippen molar-refractivity contribution in [2.24, 2.45) is 7.05 Å². The Labute approximate surface area is 78.8 Å². The summed E-state index contributed by atoms with van der Waals surface area (Å²) in [6.07, 6.45) is 1.70. The third-order valence-corrected chi connectivity index (χ3v) is 1.42. The number of hydrogen-bond donors (Lipinski definition) is 0. The Balaban J connectivity index is 0.000000671. The molecule has 1 rings (SSSR count). The van der Waals surface area contributed by atoms with Crippen LogP contribution in [0.4, 0.5) is 5.82 Å². The molecule has 0 radical (unpaired) electrons. The standard InChI is InChI=1S/C7H11N3O.C2H6/c1-9(2)6-4-5-10(3)7(11)8-6;1-2/h4-5H,1-3H3;1-2H3. The summed E-state index contributed by atoms with van der Waals surface area (Å²) in [6.45, 7) is 4.00. The van der Waals surface area contributed by atoms with Gasteiger partial charge < -0.3 is 9.47 Å². The molecule has 0 atom stereocenters. The SMILES string of the molecule is CC.CN(C)c1ccn(C)c(=O)n1. The summed E-state index contributed by atoms with van der Waals surface area (Å²) in [5.74, 6) is 0.688. The van der Waals surface area contributed by atoms with Crippen LogP contribution in [-0.4, -0.2) is 23.6 Å². The number of hydrogen-bond acceptors (Lipinski definition) is 3. The van der Waals surface area contributed by atoms with Crippen LogP contribution in [0.2, 0.25) is 0 Å². The first-order chi connectivity index (χ1) is 6.11. The van der Waals surface area contributed by atoms with E-state index in [2.05, 4.69) is 4.98 Å². The molecular formula is C9H17N3O. The van der Waals surface area contributed by atoms with Gasteiger partial charge in [-0.25, -0.2) is 4.79 Å². The molecule has 1 aromatic rings. The monoisotopic (exact) mass is 183 g/mol. The van der Waals surface area contributed by atoms with Crippen LogP contribution in [0, 0.1) is 0 Å². The molecule has 13 heavy (non-hydrogen) atoms. The molecule has 0 saturated heterocycles. The number of aryl methyl sites for hydroxylation is 1. The molecule has 1 heterocycles. The zero-order valence-corrected chi connectivity index (χ0v) is 8.90. The predicted octanol–water partition coefficient (Wildman–Crippen LogP) is 0.873. The number of nitrogens with zero attached hydrogens (tertiary/aromatic N) is 3. The Morgan fingerprint density at radius 2 is 1.92 bits per heavy atom. The van der Waals surface area contributed by atoms with Gasteiger partial charge in [-0.05, 0) is 6.07 Å². The first-order valence-electron chi connectivity index (χ1n) is 4.32. The summed E-state index contributed by atoms with van der Waals surface area (Å²) in [6, 6.07) is 1.79. The Bertz CT molecular complexity index is 304. The van der Waals surface area contributed by atoms with E-state index in [1.165, 1.54) is 4.57 Å². The van der Waals surface area contributed by atoms with Crippen molar-refractivity contribution in [3.63, 3.8) is 0 Å². The van der Waals surface area contributed by atoms with Crippen LogP contribution in [0.3, 0.4) is 0 Å². The van der Waals surface area contributed by atoms with Crippen LogP contribution in [0.5, 0.6) is 0 Å². The Morgan fingerprint density at radius 1 is 1.38 bits per heavy atom. The highest BCUT2D eigenvalue weighted by molar-refractivity contribution is 5.33. The zero-order valence-electron chi connectivity index (χ0n) is 8.90. The summed E-state index contributed by atoms with van der Waals surface area (Å²) in [5.41, 5.74) is -0.226. The minimum absolute atomic E-state index is 0.226. The lowest BCUT2D eigenvalue weighted by atomic mass is 10.5. The molecule has 0 aliphatic rings. The normalized spacial score (nSPS) is 8.69. The van der Waals surface area contributed by atoms with Crippen molar-refractivity contribution < 1.29 is 0 Å². The van der Waals surface area contributed by atoms with E-state index in [1.54, 1.807) is 24.2 Å². The first-order valence-corrected chi connectivity index (χ1v) is 4.32. The maximum absolute atomic E-state index is 11.0. The molecule has 0 aliphatic carbocycles. The quantitative estimate of drug-likeness (QED) is 0.648. The van der Waals surface area contributed by atoms with Crippen molar-refractivity contribution in [3.05, 3.63) is 22.7 Å². The smallest absolute Gasteiger partial charge is 0.349 e. The fraction of sp³-hybridized carbons (Fsp3) is 0.556. The topological polar surface area (TPSA) is 38.1 Å². The van der Waals surface area contributed by atoms with E-state index >= 15 is 0 Å². The summed E-state index contributed by atoms with van der Waals surface area (Å²) in [7, 11) is 5.37. The van der Waals surface area contributed by atoms with Crippen molar-refractivity contribution in [2.45, 2.75) is 13.8 Å². The van der Waals surface area contributed by atoms with E-state index in [0.29, 0.717) is 5.82 Å². The highest BCUT2D eigenvalue weighted by Gasteiger charge is 1.97. The van der Waals surface area contributed by atoms with Gasteiger partial charge in [-0.1, -0.05) is 13.8 Å². The minimum Gasteiger partial charge on any atom is -0.363 e. The number of anilines is 1. The van der Waals surface area contributed by atoms with E-state index in [9.17, 15) is 4.79 Å². The summed E-state index contributed by atoms with van der Waals surface area (Å²) in [5, 5.41) is 0. The molecule has 0 unspecified atom stereocenters. The van der Waals surface area contributed by atoms with Crippen LogP contribution >= 0.6 is 0 Å². The Hall–Kier alpha value is -1.32. The zero-order chi connectivity index (χ0) is 10.4. The second-order valence-corrected chi connectivity index (χ2v) is 2.57. The molecule has 1 aromatic heterocycles. The maximum atomic E-state index is 11.0. The molecule has 0 aliphatic heterocycles. The van der Waals surface area contributed by atoms with E-state index < -0.39 is 0 Å². The van der Waals surface area contributed by atoms with E-state index in [-0.39, 0.29) is 5.69 Å². The minimum atomic E-state index is -0.226. The summed E-state index contributed by atoms with van der Waals surface area (Å²) >= 11 is 0. The molecule has 4 heteroatoms.